The molecule has 1 rings (SSSR count). The molecule has 0 aliphatic heterocycles. The van der Waals surface area contributed by atoms with Crippen LogP contribution >= 0.6 is 27.5 Å². The maximum Gasteiger partial charge on any atom is 0.310 e. The minimum atomic E-state index is -1.07. The third-order valence-corrected chi connectivity index (χ3v) is 3.07. The summed E-state index contributed by atoms with van der Waals surface area (Å²) in [5.41, 5.74) is 0.119. The second-order valence-electron chi connectivity index (χ2n) is 2.85. The van der Waals surface area contributed by atoms with Gasteiger partial charge in [-0.1, -0.05) is 11.6 Å². The molecule has 0 radical (unpaired) electrons. The molecule has 0 aliphatic rings. The zero-order valence-corrected chi connectivity index (χ0v) is 9.56. The van der Waals surface area contributed by atoms with Crippen molar-refractivity contribution in [1.29, 1.82) is 0 Å². The molecule has 1 aromatic carbocycles. The Kier molecular flexibility index (Phi) is 3.50. The van der Waals surface area contributed by atoms with Crippen molar-refractivity contribution in [3.05, 3.63) is 33.0 Å². The second kappa shape index (κ2) is 4.28. The number of carboxylic acids is 1. The van der Waals surface area contributed by atoms with Gasteiger partial charge in [-0.2, -0.15) is 0 Å². The van der Waals surface area contributed by atoms with Gasteiger partial charge in [-0.15, -0.1) is 0 Å². The van der Waals surface area contributed by atoms with Crippen LogP contribution in [0.2, 0.25) is 5.02 Å². The van der Waals surface area contributed by atoms with E-state index in [1.165, 1.54) is 13.0 Å². The van der Waals surface area contributed by atoms with Crippen LogP contribution in [0.5, 0.6) is 0 Å². The smallest absolute Gasteiger partial charge is 0.310 e. The SMILES string of the molecule is CC(C(=O)O)c1cc(Br)c(Cl)cc1F. The van der Waals surface area contributed by atoms with Crippen LogP contribution in [0.25, 0.3) is 0 Å². The van der Waals surface area contributed by atoms with Gasteiger partial charge >= 0.3 is 5.97 Å². The van der Waals surface area contributed by atoms with Gasteiger partial charge in [0.2, 0.25) is 0 Å². The lowest BCUT2D eigenvalue weighted by molar-refractivity contribution is -0.138. The van der Waals surface area contributed by atoms with E-state index in [0.717, 1.165) is 6.07 Å². The predicted molar refractivity (Wildman–Crippen MR) is 55.2 cm³/mol. The zero-order chi connectivity index (χ0) is 10.9. The molecule has 2 nitrogen and oxygen atoms in total. The Labute approximate surface area is 93.8 Å². The predicted octanol–water partition coefficient (Wildman–Crippen LogP) is 3.43. The van der Waals surface area contributed by atoms with Crippen molar-refractivity contribution < 1.29 is 14.3 Å². The van der Waals surface area contributed by atoms with Gasteiger partial charge < -0.3 is 5.11 Å². The average molecular weight is 282 g/mol. The average Bonchev–Trinajstić information content (AvgIpc) is 2.10. The van der Waals surface area contributed by atoms with Gasteiger partial charge in [0.15, 0.2) is 0 Å². The van der Waals surface area contributed by atoms with Crippen LogP contribution in [0.4, 0.5) is 4.39 Å². The monoisotopic (exact) mass is 280 g/mol. The summed E-state index contributed by atoms with van der Waals surface area (Å²) >= 11 is 8.74. The summed E-state index contributed by atoms with van der Waals surface area (Å²) in [4.78, 5) is 10.6. The highest BCUT2D eigenvalue weighted by Crippen LogP contribution is 2.29. The van der Waals surface area contributed by atoms with E-state index in [2.05, 4.69) is 15.9 Å². The van der Waals surface area contributed by atoms with E-state index in [1.807, 2.05) is 0 Å². The molecule has 0 saturated heterocycles. The van der Waals surface area contributed by atoms with Crippen molar-refractivity contribution in [3.8, 4) is 0 Å². The Bertz CT molecular complexity index is 381. The first-order chi connectivity index (χ1) is 6.43. The maximum atomic E-state index is 13.3. The molecule has 0 amide bonds. The molecule has 1 N–H and O–H groups in total. The van der Waals surface area contributed by atoms with Gasteiger partial charge in [0.25, 0.3) is 0 Å². The molecule has 0 aliphatic carbocycles. The third kappa shape index (κ3) is 2.25. The first-order valence-corrected chi connectivity index (χ1v) is 4.98. The molecule has 1 aromatic rings. The maximum absolute atomic E-state index is 13.3. The zero-order valence-electron chi connectivity index (χ0n) is 7.22. The molecule has 0 saturated carbocycles. The lowest BCUT2D eigenvalue weighted by atomic mass is 10.0. The molecule has 14 heavy (non-hydrogen) atoms. The van der Waals surface area contributed by atoms with E-state index in [9.17, 15) is 9.18 Å². The van der Waals surface area contributed by atoms with Crippen LogP contribution in [0.3, 0.4) is 0 Å². The summed E-state index contributed by atoms with van der Waals surface area (Å²) in [6.07, 6.45) is 0. The number of carboxylic acid groups (broad SMARTS) is 1. The highest BCUT2D eigenvalue weighted by atomic mass is 79.9. The minimum Gasteiger partial charge on any atom is -0.481 e. The van der Waals surface area contributed by atoms with Crippen LogP contribution in [-0.4, -0.2) is 11.1 Å². The van der Waals surface area contributed by atoms with Crippen molar-refractivity contribution in [1.82, 2.24) is 0 Å². The van der Waals surface area contributed by atoms with Crippen molar-refractivity contribution in [2.24, 2.45) is 0 Å². The molecular formula is C9H7BrClFO2. The Morgan fingerprint density at radius 2 is 2.21 bits per heavy atom. The normalized spacial score (nSPS) is 12.6. The van der Waals surface area contributed by atoms with Crippen molar-refractivity contribution in [2.45, 2.75) is 12.8 Å². The summed E-state index contributed by atoms with van der Waals surface area (Å²) in [5.74, 6) is -2.56. The molecule has 0 spiro atoms. The van der Waals surface area contributed by atoms with E-state index in [1.54, 1.807) is 0 Å². The van der Waals surface area contributed by atoms with E-state index in [-0.39, 0.29) is 10.6 Å². The summed E-state index contributed by atoms with van der Waals surface area (Å²) in [6.45, 7) is 1.42. The lowest BCUT2D eigenvalue weighted by Gasteiger charge is -2.09. The molecule has 1 unspecified atom stereocenters. The number of benzene rings is 1. The second-order valence-corrected chi connectivity index (χ2v) is 4.11. The number of rotatable bonds is 2. The van der Waals surface area contributed by atoms with Crippen molar-refractivity contribution in [2.75, 3.05) is 0 Å². The summed E-state index contributed by atoms with van der Waals surface area (Å²) in [6, 6.07) is 2.48. The van der Waals surface area contributed by atoms with E-state index >= 15 is 0 Å². The number of hydrogen-bond acceptors (Lipinski definition) is 1. The molecule has 0 fully saturated rings. The van der Waals surface area contributed by atoms with E-state index in [4.69, 9.17) is 16.7 Å². The van der Waals surface area contributed by atoms with Gasteiger partial charge in [0, 0.05) is 10.0 Å². The number of carbonyl (C=O) groups is 1. The molecule has 0 bridgehead atoms. The standard InChI is InChI=1S/C9H7BrClFO2/c1-4(9(13)14)5-2-6(10)7(11)3-8(5)12/h2-4H,1H3,(H,13,14). The summed E-state index contributed by atoms with van der Waals surface area (Å²) < 4.78 is 13.8. The summed E-state index contributed by atoms with van der Waals surface area (Å²) in [5, 5.41) is 8.93. The minimum absolute atomic E-state index is 0.119. The van der Waals surface area contributed by atoms with Gasteiger partial charge in [-0.3, -0.25) is 4.79 Å². The molecule has 5 heteroatoms. The van der Waals surface area contributed by atoms with Gasteiger partial charge in [0.1, 0.15) is 5.82 Å². The molecule has 1 atom stereocenters. The molecule has 76 valence electrons. The Hall–Kier alpha value is -0.610. The Balaban J connectivity index is 3.22. The van der Waals surface area contributed by atoms with Crippen LogP contribution < -0.4 is 0 Å². The lowest BCUT2D eigenvalue weighted by Crippen LogP contribution is -2.09. The number of halogens is 3. The largest absolute Gasteiger partial charge is 0.481 e. The van der Waals surface area contributed by atoms with Crippen LogP contribution in [-0.2, 0) is 4.79 Å². The van der Waals surface area contributed by atoms with Gasteiger partial charge in [-0.25, -0.2) is 4.39 Å². The quantitative estimate of drug-likeness (QED) is 0.843. The third-order valence-electron chi connectivity index (χ3n) is 1.88. The van der Waals surface area contributed by atoms with Crippen LogP contribution in [0, 0.1) is 5.82 Å². The molecule has 0 heterocycles. The van der Waals surface area contributed by atoms with E-state index < -0.39 is 17.7 Å². The fraction of sp³-hybridized carbons (Fsp3) is 0.222. The Morgan fingerprint density at radius 3 is 2.71 bits per heavy atom. The first kappa shape index (κ1) is 11.5. The van der Waals surface area contributed by atoms with Gasteiger partial charge in [0.05, 0.1) is 10.9 Å². The molecular weight excluding hydrogens is 274 g/mol. The van der Waals surface area contributed by atoms with Crippen LogP contribution in [0.1, 0.15) is 18.4 Å². The fourth-order valence-electron chi connectivity index (χ4n) is 1.00. The number of aliphatic carboxylic acids is 1. The van der Waals surface area contributed by atoms with Crippen LogP contribution in [0.15, 0.2) is 16.6 Å². The fourth-order valence-corrected chi connectivity index (χ4v) is 1.51. The first-order valence-electron chi connectivity index (χ1n) is 3.80. The number of hydrogen-bond donors (Lipinski definition) is 1. The van der Waals surface area contributed by atoms with Crippen molar-refractivity contribution in [3.63, 3.8) is 0 Å². The highest BCUT2D eigenvalue weighted by Gasteiger charge is 2.19. The Morgan fingerprint density at radius 1 is 1.64 bits per heavy atom. The molecule has 0 aromatic heterocycles. The topological polar surface area (TPSA) is 37.3 Å². The van der Waals surface area contributed by atoms with E-state index in [0.29, 0.717) is 4.47 Å². The van der Waals surface area contributed by atoms with Crippen molar-refractivity contribution >= 4 is 33.5 Å². The summed E-state index contributed by atoms with van der Waals surface area (Å²) in [7, 11) is 0. The highest BCUT2D eigenvalue weighted by molar-refractivity contribution is 9.10. The van der Waals surface area contributed by atoms with Gasteiger partial charge in [-0.05, 0) is 35.0 Å².